The number of phenolic OH excluding ortho intramolecular Hbond substituents is 1. The monoisotopic (exact) mass is 441 g/mol. The molecule has 10 heteroatoms. The Morgan fingerprint density at radius 3 is 2.55 bits per heavy atom. The standard InChI is InChI=1S/C21H35N3O7/c1-13-9-18(15(3)16(4)20(13)27)30-11-17(25)10-23-21(5,6)12-22-19(26)8-7-14(2)31-24(28)29/h9,14,17,23,25,27H,7-8,10-12H2,1-6H3,(H,22,26). The summed E-state index contributed by atoms with van der Waals surface area (Å²) in [6.45, 7) is 11.4. The first-order valence-electron chi connectivity index (χ1n) is 10.3. The van der Waals surface area contributed by atoms with Gasteiger partial charge in [0, 0.05) is 25.0 Å². The molecule has 0 heterocycles. The molecule has 31 heavy (non-hydrogen) atoms. The average Bonchev–Trinajstić information content (AvgIpc) is 2.69. The van der Waals surface area contributed by atoms with Gasteiger partial charge in [0.05, 0.1) is 0 Å². The van der Waals surface area contributed by atoms with Crippen molar-refractivity contribution in [3.63, 3.8) is 0 Å². The Bertz CT molecular complexity index is 768. The Kier molecular flexibility index (Phi) is 9.99. The first kappa shape index (κ1) is 26.4. The van der Waals surface area contributed by atoms with Gasteiger partial charge < -0.3 is 30.4 Å². The van der Waals surface area contributed by atoms with Gasteiger partial charge in [-0.1, -0.05) is 0 Å². The lowest BCUT2D eigenvalue weighted by atomic mass is 10.0. The summed E-state index contributed by atoms with van der Waals surface area (Å²) in [5, 5.41) is 35.6. The maximum Gasteiger partial charge on any atom is 0.294 e. The minimum atomic E-state index is -0.865. The summed E-state index contributed by atoms with van der Waals surface area (Å²) in [4.78, 5) is 26.6. The van der Waals surface area contributed by atoms with Crippen molar-refractivity contribution < 1.29 is 29.7 Å². The number of phenols is 1. The van der Waals surface area contributed by atoms with Crippen molar-refractivity contribution in [3.8, 4) is 11.5 Å². The van der Waals surface area contributed by atoms with E-state index in [0.717, 1.165) is 11.1 Å². The molecule has 1 aromatic rings. The van der Waals surface area contributed by atoms with E-state index < -0.39 is 22.8 Å². The highest BCUT2D eigenvalue weighted by molar-refractivity contribution is 5.75. The quantitative estimate of drug-likeness (QED) is 0.268. The van der Waals surface area contributed by atoms with E-state index in [1.54, 1.807) is 13.0 Å². The van der Waals surface area contributed by atoms with Gasteiger partial charge in [0.2, 0.25) is 5.91 Å². The van der Waals surface area contributed by atoms with E-state index in [2.05, 4.69) is 15.5 Å². The Morgan fingerprint density at radius 2 is 1.94 bits per heavy atom. The van der Waals surface area contributed by atoms with Crippen molar-refractivity contribution in [1.29, 1.82) is 0 Å². The van der Waals surface area contributed by atoms with Crippen molar-refractivity contribution in [3.05, 3.63) is 32.9 Å². The number of aryl methyl sites for hydroxylation is 1. The normalized spacial score (nSPS) is 13.4. The molecule has 0 saturated carbocycles. The van der Waals surface area contributed by atoms with Crippen LogP contribution in [0.5, 0.6) is 11.5 Å². The molecule has 2 atom stereocenters. The average molecular weight is 442 g/mol. The second-order valence-electron chi connectivity index (χ2n) is 8.47. The summed E-state index contributed by atoms with van der Waals surface area (Å²) in [6, 6.07) is 1.74. The summed E-state index contributed by atoms with van der Waals surface area (Å²) in [6.07, 6.45) is -1.06. The van der Waals surface area contributed by atoms with Gasteiger partial charge in [-0.05, 0) is 70.7 Å². The summed E-state index contributed by atoms with van der Waals surface area (Å²) in [5.74, 6) is 0.635. The predicted octanol–water partition coefficient (Wildman–Crippen LogP) is 1.92. The number of hydrogen-bond acceptors (Lipinski definition) is 8. The smallest absolute Gasteiger partial charge is 0.294 e. The Morgan fingerprint density at radius 1 is 1.29 bits per heavy atom. The molecule has 0 aliphatic rings. The van der Waals surface area contributed by atoms with Gasteiger partial charge in [-0.3, -0.25) is 4.79 Å². The number of aliphatic hydroxyl groups excluding tert-OH is 1. The van der Waals surface area contributed by atoms with E-state index in [4.69, 9.17) is 4.74 Å². The second-order valence-corrected chi connectivity index (χ2v) is 8.47. The van der Waals surface area contributed by atoms with Gasteiger partial charge in [-0.25, -0.2) is 0 Å². The molecule has 2 unspecified atom stereocenters. The lowest BCUT2D eigenvalue weighted by Gasteiger charge is -2.28. The van der Waals surface area contributed by atoms with Crippen LogP contribution in [0.3, 0.4) is 0 Å². The van der Waals surface area contributed by atoms with Gasteiger partial charge >= 0.3 is 0 Å². The molecule has 4 N–H and O–H groups in total. The zero-order valence-electron chi connectivity index (χ0n) is 19.2. The van der Waals surface area contributed by atoms with Crippen molar-refractivity contribution >= 4 is 5.91 Å². The number of amides is 1. The third kappa shape index (κ3) is 9.39. The minimum absolute atomic E-state index is 0.0776. The molecular formula is C21H35N3O7. The highest BCUT2D eigenvalue weighted by atomic mass is 17.0. The van der Waals surface area contributed by atoms with Crippen LogP contribution < -0.4 is 15.4 Å². The zero-order valence-corrected chi connectivity index (χ0v) is 19.2. The lowest BCUT2D eigenvalue weighted by molar-refractivity contribution is -0.767. The largest absolute Gasteiger partial charge is 0.507 e. The molecule has 0 radical (unpaired) electrons. The Balaban J connectivity index is 2.39. The highest BCUT2D eigenvalue weighted by Gasteiger charge is 2.20. The van der Waals surface area contributed by atoms with E-state index in [-0.39, 0.29) is 37.6 Å². The predicted molar refractivity (Wildman–Crippen MR) is 116 cm³/mol. The van der Waals surface area contributed by atoms with E-state index >= 15 is 0 Å². The molecule has 1 amide bonds. The Labute approximate surface area is 183 Å². The van der Waals surface area contributed by atoms with Crippen LogP contribution in [0.1, 0.15) is 50.3 Å². The molecule has 0 fully saturated rings. The zero-order chi connectivity index (χ0) is 23.8. The maximum absolute atomic E-state index is 11.9. The van der Waals surface area contributed by atoms with Crippen LogP contribution in [-0.4, -0.2) is 58.7 Å². The van der Waals surface area contributed by atoms with Crippen LogP contribution in [0.2, 0.25) is 0 Å². The van der Waals surface area contributed by atoms with Crippen LogP contribution in [0.25, 0.3) is 0 Å². The molecule has 1 rings (SSSR count). The van der Waals surface area contributed by atoms with Gasteiger partial charge in [0.25, 0.3) is 5.09 Å². The molecule has 176 valence electrons. The van der Waals surface area contributed by atoms with E-state index in [9.17, 15) is 25.1 Å². The summed E-state index contributed by atoms with van der Waals surface area (Å²) in [5.41, 5.74) is 1.80. The second kappa shape index (κ2) is 11.7. The first-order chi connectivity index (χ1) is 14.3. The number of nitrogens with zero attached hydrogens (tertiary/aromatic N) is 1. The number of hydrogen-bond donors (Lipinski definition) is 4. The molecule has 0 aromatic heterocycles. The van der Waals surface area contributed by atoms with Gasteiger partial charge in [0.1, 0.15) is 30.3 Å². The van der Waals surface area contributed by atoms with Crippen molar-refractivity contribution in [1.82, 2.24) is 10.6 Å². The SMILES string of the molecule is Cc1cc(OCC(O)CNC(C)(C)CNC(=O)CCC(C)O[N+](=O)[O-])c(C)c(C)c1O. The molecule has 10 nitrogen and oxygen atoms in total. The summed E-state index contributed by atoms with van der Waals surface area (Å²) >= 11 is 0. The third-order valence-electron chi connectivity index (χ3n) is 5.03. The molecule has 0 aliphatic heterocycles. The highest BCUT2D eigenvalue weighted by Crippen LogP contribution is 2.31. The fraction of sp³-hybridized carbons (Fsp3) is 0.667. The molecular weight excluding hydrogens is 406 g/mol. The fourth-order valence-corrected chi connectivity index (χ4v) is 2.82. The van der Waals surface area contributed by atoms with Crippen LogP contribution >= 0.6 is 0 Å². The molecule has 0 aliphatic carbocycles. The van der Waals surface area contributed by atoms with E-state index in [1.807, 2.05) is 27.7 Å². The molecule has 0 bridgehead atoms. The topological polar surface area (TPSA) is 143 Å². The van der Waals surface area contributed by atoms with Crippen LogP contribution in [0, 0.1) is 30.9 Å². The number of carbonyl (C=O) groups is 1. The van der Waals surface area contributed by atoms with Crippen molar-refractivity contribution in [2.45, 2.75) is 72.1 Å². The molecule has 1 aromatic carbocycles. The van der Waals surface area contributed by atoms with Gasteiger partial charge in [-0.15, -0.1) is 10.1 Å². The van der Waals surface area contributed by atoms with E-state index in [0.29, 0.717) is 17.9 Å². The number of aromatic hydroxyl groups is 1. The minimum Gasteiger partial charge on any atom is -0.507 e. The van der Waals surface area contributed by atoms with Crippen LogP contribution in [0.4, 0.5) is 0 Å². The number of ether oxygens (including phenoxy) is 1. The number of aliphatic hydroxyl groups is 1. The number of benzene rings is 1. The number of β-amino-alcohol motifs (C(OH)–C–C–N with tert-alkyl or cyclic N) is 1. The third-order valence-corrected chi connectivity index (χ3v) is 5.03. The van der Waals surface area contributed by atoms with Gasteiger partial charge in [0.15, 0.2) is 0 Å². The Hall–Kier alpha value is -2.59. The van der Waals surface area contributed by atoms with Crippen molar-refractivity contribution in [2.24, 2.45) is 0 Å². The number of nitrogens with one attached hydrogen (secondary N) is 2. The summed E-state index contributed by atoms with van der Waals surface area (Å²) < 4.78 is 5.73. The lowest BCUT2D eigenvalue weighted by Crippen LogP contribution is -2.51. The number of carbonyl (C=O) groups excluding carboxylic acids is 1. The van der Waals surface area contributed by atoms with Crippen LogP contribution in [-0.2, 0) is 9.63 Å². The van der Waals surface area contributed by atoms with Gasteiger partial charge in [-0.2, -0.15) is 0 Å². The fourth-order valence-electron chi connectivity index (χ4n) is 2.82. The number of rotatable bonds is 13. The summed E-state index contributed by atoms with van der Waals surface area (Å²) in [7, 11) is 0. The van der Waals surface area contributed by atoms with Crippen molar-refractivity contribution in [2.75, 3.05) is 19.7 Å². The molecule has 0 spiro atoms. The first-order valence-corrected chi connectivity index (χ1v) is 10.3. The van der Waals surface area contributed by atoms with E-state index in [1.165, 1.54) is 6.92 Å². The van der Waals surface area contributed by atoms with Crippen LogP contribution in [0.15, 0.2) is 6.07 Å². The molecule has 0 saturated heterocycles. The maximum atomic E-state index is 11.9.